The molecule has 0 aliphatic heterocycles. The van der Waals surface area contributed by atoms with Gasteiger partial charge < -0.3 is 9.47 Å². The first kappa shape index (κ1) is 14.3. The Bertz CT molecular complexity index is 480. The average Bonchev–Trinajstić information content (AvgIpc) is 2.32. The number of esters is 2. The molecule has 18 heavy (non-hydrogen) atoms. The molecule has 5 heteroatoms. The van der Waals surface area contributed by atoms with Crippen LogP contribution in [0, 0.1) is 6.92 Å². The first-order valence-corrected chi connectivity index (χ1v) is 5.73. The van der Waals surface area contributed by atoms with E-state index >= 15 is 0 Å². The third-order valence-corrected chi connectivity index (χ3v) is 2.25. The molecule has 1 aromatic rings. The van der Waals surface area contributed by atoms with Gasteiger partial charge in [-0.3, -0.25) is 0 Å². The fraction of sp³-hybridized carbons (Fsp3) is 0.231. The minimum Gasteiger partial charge on any atom is -0.463 e. The molecule has 0 heterocycles. The van der Waals surface area contributed by atoms with Gasteiger partial charge in [0, 0.05) is 12.2 Å². The van der Waals surface area contributed by atoms with Crippen LogP contribution in [0.1, 0.15) is 12.5 Å². The highest BCUT2D eigenvalue weighted by Crippen LogP contribution is 2.25. The van der Waals surface area contributed by atoms with Crippen molar-refractivity contribution in [3.63, 3.8) is 0 Å². The first-order valence-electron chi connectivity index (χ1n) is 5.35. The Morgan fingerprint density at radius 3 is 2.61 bits per heavy atom. The van der Waals surface area contributed by atoms with Gasteiger partial charge in [0.25, 0.3) is 0 Å². The maximum absolute atomic E-state index is 11.4. The summed E-state index contributed by atoms with van der Waals surface area (Å²) in [5.41, 5.74) is 0.913. The summed E-state index contributed by atoms with van der Waals surface area (Å²) in [4.78, 5) is 22.4. The SMILES string of the molecule is CCOC(=O)/C=C/C(=O)Oc1cc(C)ccc1Cl. The number of benzene rings is 1. The van der Waals surface area contributed by atoms with Gasteiger partial charge in [0.05, 0.1) is 11.6 Å². The van der Waals surface area contributed by atoms with Crippen molar-refractivity contribution < 1.29 is 19.1 Å². The van der Waals surface area contributed by atoms with Gasteiger partial charge in [-0.05, 0) is 31.5 Å². The zero-order chi connectivity index (χ0) is 13.5. The lowest BCUT2D eigenvalue weighted by atomic mass is 10.2. The van der Waals surface area contributed by atoms with Crippen LogP contribution < -0.4 is 4.74 Å². The minimum atomic E-state index is -0.685. The molecule has 0 bridgehead atoms. The van der Waals surface area contributed by atoms with E-state index in [-0.39, 0.29) is 12.4 Å². The Hall–Kier alpha value is -1.81. The molecule has 0 aliphatic rings. The summed E-state index contributed by atoms with van der Waals surface area (Å²) in [6.07, 6.45) is 2.01. The quantitative estimate of drug-likeness (QED) is 0.479. The number of carbonyl (C=O) groups excluding carboxylic acids is 2. The molecule has 1 rings (SSSR count). The topological polar surface area (TPSA) is 52.6 Å². The Labute approximate surface area is 110 Å². The van der Waals surface area contributed by atoms with Crippen LogP contribution in [0.25, 0.3) is 0 Å². The molecule has 0 spiro atoms. The Balaban J connectivity index is 2.65. The summed E-state index contributed by atoms with van der Waals surface area (Å²) in [7, 11) is 0. The summed E-state index contributed by atoms with van der Waals surface area (Å²) in [5, 5.41) is 0.332. The summed E-state index contributed by atoms with van der Waals surface area (Å²) in [6.45, 7) is 3.78. The van der Waals surface area contributed by atoms with E-state index in [0.29, 0.717) is 5.02 Å². The molecule has 0 unspecified atom stereocenters. The van der Waals surface area contributed by atoms with Crippen LogP contribution in [0.5, 0.6) is 5.75 Å². The Morgan fingerprint density at radius 1 is 1.28 bits per heavy atom. The van der Waals surface area contributed by atoms with E-state index in [1.807, 2.05) is 6.92 Å². The van der Waals surface area contributed by atoms with E-state index < -0.39 is 11.9 Å². The van der Waals surface area contributed by atoms with Crippen molar-refractivity contribution in [3.8, 4) is 5.75 Å². The lowest BCUT2D eigenvalue weighted by Crippen LogP contribution is -2.07. The Morgan fingerprint density at radius 2 is 1.94 bits per heavy atom. The van der Waals surface area contributed by atoms with Gasteiger partial charge in [0.2, 0.25) is 0 Å². The molecule has 96 valence electrons. The highest BCUT2D eigenvalue weighted by molar-refractivity contribution is 6.32. The maximum atomic E-state index is 11.4. The maximum Gasteiger partial charge on any atom is 0.336 e. The van der Waals surface area contributed by atoms with Crippen LogP contribution in [-0.2, 0) is 14.3 Å². The molecule has 4 nitrogen and oxygen atoms in total. The monoisotopic (exact) mass is 268 g/mol. The van der Waals surface area contributed by atoms with E-state index in [1.54, 1.807) is 25.1 Å². The van der Waals surface area contributed by atoms with Gasteiger partial charge in [-0.15, -0.1) is 0 Å². The number of ether oxygens (including phenoxy) is 2. The summed E-state index contributed by atoms with van der Waals surface area (Å²) >= 11 is 5.86. The van der Waals surface area contributed by atoms with Crippen molar-refractivity contribution in [2.24, 2.45) is 0 Å². The molecular formula is C13H13ClO4. The van der Waals surface area contributed by atoms with Crippen molar-refractivity contribution >= 4 is 23.5 Å². The predicted molar refractivity (Wildman–Crippen MR) is 67.6 cm³/mol. The van der Waals surface area contributed by atoms with E-state index in [4.69, 9.17) is 16.3 Å². The zero-order valence-corrected chi connectivity index (χ0v) is 10.9. The molecule has 0 aromatic heterocycles. The van der Waals surface area contributed by atoms with Crippen molar-refractivity contribution in [2.75, 3.05) is 6.61 Å². The van der Waals surface area contributed by atoms with Gasteiger partial charge in [0.15, 0.2) is 0 Å². The molecule has 0 saturated carbocycles. The third kappa shape index (κ3) is 4.59. The second kappa shape index (κ2) is 6.81. The van der Waals surface area contributed by atoms with E-state index in [1.165, 1.54) is 0 Å². The fourth-order valence-corrected chi connectivity index (χ4v) is 1.31. The Kier molecular flexibility index (Phi) is 5.39. The summed E-state index contributed by atoms with van der Waals surface area (Å²) in [5.74, 6) is -1.02. The van der Waals surface area contributed by atoms with E-state index in [2.05, 4.69) is 4.74 Å². The molecule has 0 atom stereocenters. The highest BCUT2D eigenvalue weighted by atomic mass is 35.5. The van der Waals surface area contributed by atoms with Crippen LogP contribution in [0.4, 0.5) is 0 Å². The number of carbonyl (C=O) groups is 2. The number of halogens is 1. The minimum absolute atomic E-state index is 0.252. The van der Waals surface area contributed by atoms with Crippen LogP contribution in [-0.4, -0.2) is 18.5 Å². The van der Waals surface area contributed by atoms with Crippen LogP contribution >= 0.6 is 11.6 Å². The molecular weight excluding hydrogens is 256 g/mol. The van der Waals surface area contributed by atoms with Crippen molar-refractivity contribution in [3.05, 3.63) is 40.9 Å². The molecule has 1 aromatic carbocycles. The molecule has 0 aliphatic carbocycles. The largest absolute Gasteiger partial charge is 0.463 e. The van der Waals surface area contributed by atoms with E-state index in [0.717, 1.165) is 17.7 Å². The second-order valence-electron chi connectivity index (χ2n) is 3.44. The van der Waals surface area contributed by atoms with Crippen molar-refractivity contribution in [2.45, 2.75) is 13.8 Å². The number of rotatable bonds is 4. The summed E-state index contributed by atoms with van der Waals surface area (Å²) in [6, 6.07) is 5.07. The number of hydrogen-bond acceptors (Lipinski definition) is 4. The first-order chi connectivity index (χ1) is 8.52. The molecule has 0 N–H and O–H groups in total. The van der Waals surface area contributed by atoms with Crippen molar-refractivity contribution in [1.82, 2.24) is 0 Å². The smallest absolute Gasteiger partial charge is 0.336 e. The van der Waals surface area contributed by atoms with Gasteiger partial charge >= 0.3 is 11.9 Å². The third-order valence-electron chi connectivity index (χ3n) is 1.94. The molecule has 0 radical (unpaired) electrons. The standard InChI is InChI=1S/C13H13ClO4/c1-3-17-12(15)6-7-13(16)18-11-8-9(2)4-5-10(11)14/h4-8H,3H2,1-2H3/b7-6+. The lowest BCUT2D eigenvalue weighted by molar-refractivity contribution is -0.138. The van der Waals surface area contributed by atoms with Gasteiger partial charge in [-0.1, -0.05) is 17.7 Å². The molecule has 0 fully saturated rings. The number of aryl methyl sites for hydroxylation is 1. The fourth-order valence-electron chi connectivity index (χ4n) is 1.16. The highest BCUT2D eigenvalue weighted by Gasteiger charge is 2.06. The van der Waals surface area contributed by atoms with Gasteiger partial charge in [-0.25, -0.2) is 9.59 Å². The van der Waals surface area contributed by atoms with Crippen molar-refractivity contribution in [1.29, 1.82) is 0 Å². The van der Waals surface area contributed by atoms with Crippen LogP contribution in [0.2, 0.25) is 5.02 Å². The normalized spacial score (nSPS) is 10.4. The second-order valence-corrected chi connectivity index (χ2v) is 3.85. The predicted octanol–water partition coefficient (Wildman–Crippen LogP) is 2.67. The van der Waals surface area contributed by atoms with Gasteiger partial charge in [0.1, 0.15) is 5.75 Å². The zero-order valence-electron chi connectivity index (χ0n) is 10.1. The molecule has 0 saturated heterocycles. The van der Waals surface area contributed by atoms with E-state index in [9.17, 15) is 9.59 Å². The van der Waals surface area contributed by atoms with Crippen LogP contribution in [0.3, 0.4) is 0 Å². The average molecular weight is 269 g/mol. The van der Waals surface area contributed by atoms with Crippen LogP contribution in [0.15, 0.2) is 30.4 Å². The lowest BCUT2D eigenvalue weighted by Gasteiger charge is -2.04. The summed E-state index contributed by atoms with van der Waals surface area (Å²) < 4.78 is 9.61. The van der Waals surface area contributed by atoms with Gasteiger partial charge in [-0.2, -0.15) is 0 Å². The molecule has 0 amide bonds. The number of hydrogen-bond donors (Lipinski definition) is 0.